The molecule has 2 aromatic carbocycles. The van der Waals surface area contributed by atoms with Gasteiger partial charge in [-0.1, -0.05) is 15.9 Å². The summed E-state index contributed by atoms with van der Waals surface area (Å²) in [5.74, 6) is 0.0325. The van der Waals surface area contributed by atoms with Crippen molar-refractivity contribution in [3.63, 3.8) is 0 Å². The van der Waals surface area contributed by atoms with Crippen LogP contribution in [0.5, 0.6) is 5.75 Å². The highest BCUT2D eigenvalue weighted by Crippen LogP contribution is 2.32. The van der Waals surface area contributed by atoms with Gasteiger partial charge in [0, 0.05) is 21.6 Å². The Bertz CT molecular complexity index is 1050. The van der Waals surface area contributed by atoms with Crippen molar-refractivity contribution in [2.45, 2.75) is 31.7 Å². The van der Waals surface area contributed by atoms with E-state index in [4.69, 9.17) is 4.74 Å². The molecule has 1 amide bonds. The van der Waals surface area contributed by atoms with Gasteiger partial charge in [-0.3, -0.25) is 4.79 Å². The third-order valence-corrected chi connectivity index (χ3v) is 5.67. The number of H-pyrrole nitrogens is 1. The third-order valence-electron chi connectivity index (χ3n) is 5.21. The number of aryl methyl sites for hydroxylation is 1. The quantitative estimate of drug-likeness (QED) is 0.535. The lowest BCUT2D eigenvalue weighted by Crippen LogP contribution is -2.39. The Hall–Kier alpha value is -2.38. The van der Waals surface area contributed by atoms with Gasteiger partial charge in [0.15, 0.2) is 0 Å². The zero-order valence-corrected chi connectivity index (χ0v) is 17.4. The number of fused-ring (bicyclic) bond motifs is 2. The average Bonchev–Trinajstić information content (AvgIpc) is 2.93. The molecule has 0 bridgehead atoms. The van der Waals surface area contributed by atoms with Crippen LogP contribution in [0, 0.1) is 5.82 Å². The maximum Gasteiger partial charge on any atom is 0.255 e. The summed E-state index contributed by atoms with van der Waals surface area (Å²) in [6.45, 7) is 0.376. The van der Waals surface area contributed by atoms with Crippen LogP contribution < -0.4 is 10.1 Å². The van der Waals surface area contributed by atoms with Crippen molar-refractivity contribution in [2.75, 3.05) is 13.2 Å². The van der Waals surface area contributed by atoms with Crippen molar-refractivity contribution in [1.82, 2.24) is 10.3 Å². The second-order valence-corrected chi connectivity index (χ2v) is 8.22. The zero-order chi connectivity index (χ0) is 20.4. The third kappa shape index (κ3) is 4.31. The zero-order valence-electron chi connectivity index (χ0n) is 15.8. The maximum absolute atomic E-state index is 13.4. The maximum atomic E-state index is 13.4. The number of halogens is 2. The van der Waals surface area contributed by atoms with Crippen LogP contribution in [0.2, 0.25) is 0 Å². The number of aromatic amines is 1. The Morgan fingerprint density at radius 1 is 1.31 bits per heavy atom. The molecule has 152 valence electrons. The number of aliphatic hydroxyl groups is 1. The molecule has 1 aliphatic heterocycles. The second-order valence-electron chi connectivity index (χ2n) is 7.31. The van der Waals surface area contributed by atoms with Gasteiger partial charge in [0.1, 0.15) is 11.6 Å². The van der Waals surface area contributed by atoms with E-state index in [0.29, 0.717) is 29.9 Å². The van der Waals surface area contributed by atoms with E-state index in [1.165, 1.54) is 12.1 Å². The van der Waals surface area contributed by atoms with Crippen molar-refractivity contribution < 1.29 is 19.0 Å². The van der Waals surface area contributed by atoms with Gasteiger partial charge in [-0.15, -0.1) is 0 Å². The molecule has 4 rings (SSSR count). The summed E-state index contributed by atoms with van der Waals surface area (Å²) in [7, 11) is 0. The summed E-state index contributed by atoms with van der Waals surface area (Å²) in [5.41, 5.74) is 3.08. The van der Waals surface area contributed by atoms with Crippen LogP contribution >= 0.6 is 15.9 Å². The van der Waals surface area contributed by atoms with E-state index < -0.39 is 6.04 Å². The topological polar surface area (TPSA) is 74.4 Å². The minimum absolute atomic E-state index is 0.212. The Morgan fingerprint density at radius 2 is 2.17 bits per heavy atom. The predicted octanol–water partition coefficient (Wildman–Crippen LogP) is 4.12. The number of hydrogen-bond acceptors (Lipinski definition) is 3. The number of ether oxygens (including phenoxy) is 1. The van der Waals surface area contributed by atoms with E-state index in [1.807, 2.05) is 6.07 Å². The minimum Gasteiger partial charge on any atom is -0.492 e. The van der Waals surface area contributed by atoms with Crippen LogP contribution in [0.1, 0.15) is 34.3 Å². The molecule has 0 spiro atoms. The second kappa shape index (κ2) is 8.55. The number of benzene rings is 2. The van der Waals surface area contributed by atoms with Crippen molar-refractivity contribution in [3.05, 3.63) is 63.5 Å². The van der Waals surface area contributed by atoms with Crippen molar-refractivity contribution >= 4 is 32.7 Å². The van der Waals surface area contributed by atoms with Crippen LogP contribution in [-0.2, 0) is 12.8 Å². The van der Waals surface area contributed by atoms with E-state index in [0.717, 1.165) is 40.2 Å². The SMILES string of the molecule is O=C(NC(CO)Cc1c[nH]c2cc(F)ccc12)c1cc(Br)cc2c1OCCCC2. The molecule has 0 fully saturated rings. The smallest absolute Gasteiger partial charge is 0.255 e. The molecule has 3 N–H and O–H groups in total. The molecule has 0 saturated heterocycles. The van der Waals surface area contributed by atoms with Gasteiger partial charge in [0.25, 0.3) is 5.91 Å². The minimum atomic E-state index is -0.480. The van der Waals surface area contributed by atoms with Crippen LogP contribution in [0.3, 0.4) is 0 Å². The number of carbonyl (C=O) groups excluding carboxylic acids is 1. The number of hydrogen-bond donors (Lipinski definition) is 3. The first-order chi connectivity index (χ1) is 14.0. The van der Waals surface area contributed by atoms with E-state index in [9.17, 15) is 14.3 Å². The summed E-state index contributed by atoms with van der Waals surface area (Å²) in [4.78, 5) is 16.0. The molecule has 1 aliphatic rings. The molecule has 29 heavy (non-hydrogen) atoms. The summed E-state index contributed by atoms with van der Waals surface area (Å²) in [6, 6.07) is 7.80. The van der Waals surface area contributed by atoms with Crippen molar-refractivity contribution in [2.24, 2.45) is 0 Å². The van der Waals surface area contributed by atoms with Gasteiger partial charge in [0.05, 0.1) is 24.8 Å². The Morgan fingerprint density at radius 3 is 3.00 bits per heavy atom. The first-order valence-corrected chi connectivity index (χ1v) is 10.5. The highest BCUT2D eigenvalue weighted by atomic mass is 79.9. The van der Waals surface area contributed by atoms with Gasteiger partial charge < -0.3 is 20.1 Å². The lowest BCUT2D eigenvalue weighted by Gasteiger charge is -2.19. The molecule has 1 atom stereocenters. The van der Waals surface area contributed by atoms with Gasteiger partial charge in [-0.25, -0.2) is 4.39 Å². The lowest BCUT2D eigenvalue weighted by molar-refractivity contribution is 0.0912. The van der Waals surface area contributed by atoms with Gasteiger partial charge >= 0.3 is 0 Å². The van der Waals surface area contributed by atoms with Crippen molar-refractivity contribution in [3.8, 4) is 5.75 Å². The normalized spacial score (nSPS) is 14.7. The monoisotopic (exact) mass is 460 g/mol. The summed E-state index contributed by atoms with van der Waals surface area (Å²) >= 11 is 3.48. The van der Waals surface area contributed by atoms with E-state index in [1.54, 1.807) is 18.3 Å². The number of carbonyl (C=O) groups is 1. The van der Waals surface area contributed by atoms with E-state index in [-0.39, 0.29) is 18.3 Å². The van der Waals surface area contributed by atoms with Gasteiger partial charge in [-0.05, 0) is 67.1 Å². The van der Waals surface area contributed by atoms with Crippen LogP contribution in [-0.4, -0.2) is 35.3 Å². The Balaban J connectivity index is 1.56. The van der Waals surface area contributed by atoms with Crippen LogP contribution in [0.15, 0.2) is 41.0 Å². The van der Waals surface area contributed by atoms with Crippen LogP contribution in [0.25, 0.3) is 10.9 Å². The number of nitrogens with one attached hydrogen (secondary N) is 2. The lowest BCUT2D eigenvalue weighted by atomic mass is 10.0. The summed E-state index contributed by atoms with van der Waals surface area (Å²) in [6.07, 6.45) is 5.04. The molecule has 2 heterocycles. The number of aromatic nitrogens is 1. The summed E-state index contributed by atoms with van der Waals surface area (Å²) in [5, 5.41) is 13.6. The van der Waals surface area contributed by atoms with E-state index >= 15 is 0 Å². The molecule has 7 heteroatoms. The Labute approximate surface area is 176 Å². The highest BCUT2D eigenvalue weighted by molar-refractivity contribution is 9.10. The molecular formula is C22H22BrFN2O3. The fourth-order valence-corrected chi connectivity index (χ4v) is 4.29. The first-order valence-electron chi connectivity index (χ1n) is 9.67. The van der Waals surface area contributed by atoms with Crippen LogP contribution in [0.4, 0.5) is 4.39 Å². The molecule has 0 radical (unpaired) electrons. The van der Waals surface area contributed by atoms with E-state index in [2.05, 4.69) is 26.2 Å². The first kappa shape index (κ1) is 19.9. The standard InChI is InChI=1S/C22H22BrFN2O3/c23-15-7-13-3-1-2-6-29-21(13)19(9-15)22(28)26-17(12-27)8-14-11-25-20-10-16(24)4-5-18(14)20/h4-5,7,9-11,17,25,27H,1-3,6,8,12H2,(H,26,28). The highest BCUT2D eigenvalue weighted by Gasteiger charge is 2.22. The van der Waals surface area contributed by atoms with Gasteiger partial charge in [-0.2, -0.15) is 0 Å². The molecule has 5 nitrogen and oxygen atoms in total. The number of amides is 1. The molecule has 1 unspecified atom stereocenters. The largest absolute Gasteiger partial charge is 0.492 e. The molecule has 1 aromatic heterocycles. The fraction of sp³-hybridized carbons (Fsp3) is 0.318. The summed E-state index contributed by atoms with van der Waals surface area (Å²) < 4.78 is 20.1. The number of aliphatic hydroxyl groups excluding tert-OH is 1. The average molecular weight is 461 g/mol. The fourth-order valence-electron chi connectivity index (χ4n) is 3.78. The number of rotatable bonds is 5. The molecular weight excluding hydrogens is 439 g/mol. The predicted molar refractivity (Wildman–Crippen MR) is 113 cm³/mol. The molecule has 0 aliphatic carbocycles. The molecule has 3 aromatic rings. The molecule has 0 saturated carbocycles. The van der Waals surface area contributed by atoms with Crippen molar-refractivity contribution in [1.29, 1.82) is 0 Å². The van der Waals surface area contributed by atoms with Gasteiger partial charge in [0.2, 0.25) is 0 Å². The Kier molecular flexibility index (Phi) is 5.87.